The molecule has 0 fully saturated rings. The number of pyridine rings is 1. The summed E-state index contributed by atoms with van der Waals surface area (Å²) in [6, 6.07) is 9.48. The van der Waals surface area contributed by atoms with Gasteiger partial charge in [-0.15, -0.1) is 0 Å². The van der Waals surface area contributed by atoms with E-state index in [0.29, 0.717) is 40.3 Å². The topological polar surface area (TPSA) is 81.7 Å². The number of rotatable bonds is 8. The smallest absolute Gasteiger partial charge is 0.226 e. The lowest BCUT2D eigenvalue weighted by Crippen LogP contribution is -2.34. The van der Waals surface area contributed by atoms with Gasteiger partial charge in [-0.3, -0.25) is 9.78 Å². The Labute approximate surface area is 194 Å². The van der Waals surface area contributed by atoms with Gasteiger partial charge in [0.25, 0.3) is 0 Å². The maximum atomic E-state index is 14.6. The first-order chi connectivity index (χ1) is 15.4. The van der Waals surface area contributed by atoms with Crippen molar-refractivity contribution in [3.63, 3.8) is 0 Å². The highest BCUT2D eigenvalue weighted by molar-refractivity contribution is 7.98. The van der Waals surface area contributed by atoms with E-state index in [1.54, 1.807) is 49.3 Å². The average molecular weight is 476 g/mol. The maximum absolute atomic E-state index is 14.6. The molecule has 0 aliphatic heterocycles. The number of carbonyl (C=O) groups is 1. The molecule has 0 radical (unpaired) electrons. The lowest BCUT2D eigenvalue weighted by atomic mass is 10.2. The molecule has 2 aromatic carbocycles. The van der Waals surface area contributed by atoms with Gasteiger partial charge < -0.3 is 24.8 Å². The molecule has 0 saturated heterocycles. The van der Waals surface area contributed by atoms with E-state index in [2.05, 4.69) is 15.6 Å². The van der Waals surface area contributed by atoms with Crippen molar-refractivity contribution in [2.75, 3.05) is 31.5 Å². The summed E-state index contributed by atoms with van der Waals surface area (Å²) in [6.07, 6.45) is 3.83. The highest BCUT2D eigenvalue weighted by atomic mass is 32.2. The van der Waals surface area contributed by atoms with Gasteiger partial charge in [0.2, 0.25) is 5.91 Å². The average Bonchev–Trinajstić information content (AvgIpc) is 2.78. The van der Waals surface area contributed by atoms with Crippen LogP contribution in [0.1, 0.15) is 6.42 Å². The molecule has 168 valence electrons. The van der Waals surface area contributed by atoms with E-state index in [0.717, 1.165) is 0 Å². The van der Waals surface area contributed by atoms with Gasteiger partial charge in [-0.2, -0.15) is 11.8 Å². The molecule has 7 nitrogen and oxygen atoms in total. The summed E-state index contributed by atoms with van der Waals surface area (Å²) in [7, 11) is 3.08. The predicted octanol–water partition coefficient (Wildman–Crippen LogP) is 4.75. The molecule has 10 heteroatoms. The Bertz CT molecular complexity index is 1140. The Morgan fingerprint density at radius 3 is 2.56 bits per heavy atom. The standard InChI is InChI=1S/C22H22FN3O4S2/c1-28-19-11-14-17(12-20(19)29-2)24-8-6-18(14)30-13-4-5-16(15(23)10-13)25-22(31)26-21(27)7-9-32-3/h4-6,8,10-12H,7,9H2,1-3H3,(H2,25,26,27,31). The maximum Gasteiger partial charge on any atom is 0.226 e. The van der Waals surface area contributed by atoms with Crippen molar-refractivity contribution in [3.8, 4) is 23.0 Å². The van der Waals surface area contributed by atoms with E-state index in [-0.39, 0.29) is 22.5 Å². The van der Waals surface area contributed by atoms with E-state index in [4.69, 9.17) is 26.4 Å². The number of nitrogens with one attached hydrogen (secondary N) is 2. The molecule has 0 atom stereocenters. The zero-order valence-corrected chi connectivity index (χ0v) is 19.4. The lowest BCUT2D eigenvalue weighted by molar-refractivity contribution is -0.119. The number of ether oxygens (including phenoxy) is 3. The van der Waals surface area contributed by atoms with Crippen LogP contribution in [0.2, 0.25) is 0 Å². The second-order valence-corrected chi connectivity index (χ2v) is 7.92. The molecule has 0 bridgehead atoms. The molecule has 0 aliphatic carbocycles. The van der Waals surface area contributed by atoms with Gasteiger partial charge >= 0.3 is 0 Å². The number of benzene rings is 2. The van der Waals surface area contributed by atoms with E-state index in [1.165, 1.54) is 19.2 Å². The van der Waals surface area contributed by atoms with Crippen LogP contribution in [-0.2, 0) is 4.79 Å². The minimum Gasteiger partial charge on any atom is -0.493 e. The van der Waals surface area contributed by atoms with Gasteiger partial charge in [0, 0.05) is 35.9 Å². The number of thiocarbonyl (C=S) groups is 1. The van der Waals surface area contributed by atoms with Crippen molar-refractivity contribution in [1.82, 2.24) is 10.3 Å². The summed E-state index contributed by atoms with van der Waals surface area (Å²) >= 11 is 6.63. The van der Waals surface area contributed by atoms with Gasteiger partial charge in [0.15, 0.2) is 16.6 Å². The number of thioether (sulfide) groups is 1. The molecular weight excluding hydrogens is 453 g/mol. The summed E-state index contributed by atoms with van der Waals surface area (Å²) in [5, 5.41) is 5.93. The first-order valence-electron chi connectivity index (χ1n) is 9.53. The van der Waals surface area contributed by atoms with Crippen molar-refractivity contribution in [3.05, 3.63) is 48.4 Å². The number of amides is 1. The van der Waals surface area contributed by atoms with E-state index >= 15 is 0 Å². The SMILES string of the molecule is COc1cc2nccc(Oc3ccc(NC(=S)NC(=O)CCSC)c(F)c3)c2cc1OC. The van der Waals surface area contributed by atoms with Crippen LogP contribution < -0.4 is 24.8 Å². The van der Waals surface area contributed by atoms with Crippen molar-refractivity contribution >= 4 is 51.6 Å². The molecule has 0 unspecified atom stereocenters. The van der Waals surface area contributed by atoms with Gasteiger partial charge in [-0.1, -0.05) is 0 Å². The molecule has 0 spiro atoms. The molecule has 2 N–H and O–H groups in total. The van der Waals surface area contributed by atoms with Crippen molar-refractivity contribution in [2.24, 2.45) is 0 Å². The van der Waals surface area contributed by atoms with E-state index in [1.807, 2.05) is 6.26 Å². The molecule has 1 amide bonds. The molecule has 3 rings (SSSR count). The molecular formula is C22H22FN3O4S2. The van der Waals surface area contributed by atoms with Crippen molar-refractivity contribution < 1.29 is 23.4 Å². The third kappa shape index (κ3) is 5.77. The summed E-state index contributed by atoms with van der Waals surface area (Å²) in [5.41, 5.74) is 0.764. The number of methoxy groups -OCH3 is 2. The van der Waals surface area contributed by atoms with Crippen LogP contribution in [0.25, 0.3) is 10.9 Å². The first-order valence-corrected chi connectivity index (χ1v) is 11.3. The summed E-state index contributed by atoms with van der Waals surface area (Å²) in [5.74, 6) is 1.70. The fourth-order valence-corrected chi connectivity index (χ4v) is 3.47. The molecule has 1 heterocycles. The van der Waals surface area contributed by atoms with Crippen LogP contribution in [-0.4, -0.2) is 42.2 Å². The third-order valence-corrected chi connectivity index (χ3v) is 5.23. The molecule has 0 aliphatic rings. The quantitative estimate of drug-likeness (QED) is 0.452. The Hall–Kier alpha value is -3.11. The molecule has 3 aromatic rings. The number of carbonyl (C=O) groups excluding carboxylic acids is 1. The fourth-order valence-electron chi connectivity index (χ4n) is 2.86. The van der Waals surface area contributed by atoms with Gasteiger partial charge in [-0.05, 0) is 42.7 Å². The van der Waals surface area contributed by atoms with Crippen molar-refractivity contribution in [1.29, 1.82) is 0 Å². The number of anilines is 1. The second-order valence-electron chi connectivity index (χ2n) is 6.52. The van der Waals surface area contributed by atoms with Gasteiger partial charge in [0.1, 0.15) is 17.3 Å². The number of fused-ring (bicyclic) bond motifs is 1. The summed E-state index contributed by atoms with van der Waals surface area (Å²) in [6.45, 7) is 0. The normalized spacial score (nSPS) is 10.5. The Balaban J connectivity index is 1.76. The van der Waals surface area contributed by atoms with Crippen LogP contribution in [0.3, 0.4) is 0 Å². The number of hydrogen-bond donors (Lipinski definition) is 2. The van der Waals surface area contributed by atoms with Crippen LogP contribution >= 0.6 is 24.0 Å². The van der Waals surface area contributed by atoms with Crippen LogP contribution in [0, 0.1) is 5.82 Å². The largest absolute Gasteiger partial charge is 0.493 e. The lowest BCUT2D eigenvalue weighted by Gasteiger charge is -2.13. The Morgan fingerprint density at radius 2 is 1.88 bits per heavy atom. The molecule has 1 aromatic heterocycles. The number of hydrogen-bond acceptors (Lipinski definition) is 7. The van der Waals surface area contributed by atoms with Crippen molar-refractivity contribution in [2.45, 2.75) is 6.42 Å². The van der Waals surface area contributed by atoms with Crippen LogP contribution in [0.4, 0.5) is 10.1 Å². The number of halogens is 1. The minimum atomic E-state index is -0.583. The highest BCUT2D eigenvalue weighted by Gasteiger charge is 2.13. The zero-order valence-electron chi connectivity index (χ0n) is 17.7. The number of nitrogens with zero attached hydrogens (tertiary/aromatic N) is 1. The van der Waals surface area contributed by atoms with E-state index < -0.39 is 5.82 Å². The minimum absolute atomic E-state index is 0.0323. The monoisotopic (exact) mass is 475 g/mol. The molecule has 32 heavy (non-hydrogen) atoms. The third-order valence-electron chi connectivity index (χ3n) is 4.41. The highest BCUT2D eigenvalue weighted by Crippen LogP contribution is 2.37. The Morgan fingerprint density at radius 1 is 1.12 bits per heavy atom. The Kier molecular flexibility index (Phi) is 8.07. The van der Waals surface area contributed by atoms with Crippen LogP contribution in [0.5, 0.6) is 23.0 Å². The summed E-state index contributed by atoms with van der Waals surface area (Å²) in [4.78, 5) is 16.1. The van der Waals surface area contributed by atoms with Gasteiger partial charge in [0.05, 0.1) is 25.4 Å². The summed E-state index contributed by atoms with van der Waals surface area (Å²) < 4.78 is 31.2. The molecule has 0 saturated carbocycles. The fraction of sp³-hybridized carbons (Fsp3) is 0.227. The predicted molar refractivity (Wildman–Crippen MR) is 129 cm³/mol. The second kappa shape index (κ2) is 11.0. The van der Waals surface area contributed by atoms with Crippen LogP contribution in [0.15, 0.2) is 42.6 Å². The number of aromatic nitrogens is 1. The van der Waals surface area contributed by atoms with Gasteiger partial charge in [-0.25, -0.2) is 4.39 Å². The zero-order chi connectivity index (χ0) is 23.1. The first kappa shape index (κ1) is 23.6. The van der Waals surface area contributed by atoms with E-state index in [9.17, 15) is 9.18 Å².